The van der Waals surface area contributed by atoms with Crippen LogP contribution in [0.4, 0.5) is 4.79 Å². The Labute approximate surface area is 175 Å². The molecule has 23 heavy (non-hydrogen) atoms. The topological polar surface area (TPSA) is 175 Å². The number of carbonyl (C=O) groups is 1. The molecule has 2 aliphatic rings. The summed E-state index contributed by atoms with van der Waals surface area (Å²) in [6.45, 7) is -0.793. The number of aliphatic hydroxyl groups excluding tert-OH is 2. The largest absolute Gasteiger partial charge is 1.00 e. The van der Waals surface area contributed by atoms with Crippen LogP contribution < -0.4 is 69.1 Å². The number of rotatable bonds is 4. The van der Waals surface area contributed by atoms with Crippen molar-refractivity contribution >= 4 is 19.8 Å². The van der Waals surface area contributed by atoms with Crippen molar-refractivity contribution in [2.75, 3.05) is 13.2 Å². The van der Waals surface area contributed by atoms with Gasteiger partial charge in [-0.25, -0.2) is 9.79 Å². The van der Waals surface area contributed by atoms with E-state index in [-0.39, 0.29) is 72.1 Å². The predicted octanol–water partition coefficient (Wildman–Crippen LogP) is -9.50. The van der Waals surface area contributed by atoms with Crippen LogP contribution in [0, 0.1) is 0 Å². The van der Waals surface area contributed by atoms with Crippen molar-refractivity contribution in [3.05, 3.63) is 0 Å². The zero-order chi connectivity index (χ0) is 15.8. The van der Waals surface area contributed by atoms with Crippen LogP contribution >= 0.6 is 7.82 Å². The SMILES string of the molecule is O=C1N=C([O-])CCN1[C@@H]1O[C@H](CO)[C@@H](OP(=O)([O-])O)[C@H]1O.[Na+].[Na+]. The number of hydrogen-bond donors (Lipinski definition) is 3. The molecule has 5 atom stereocenters. The Hall–Kier alpha value is 0.930. The van der Waals surface area contributed by atoms with Gasteiger partial charge in [0.05, 0.1) is 6.61 Å². The first-order chi connectivity index (χ1) is 9.73. The van der Waals surface area contributed by atoms with E-state index in [9.17, 15) is 24.5 Å². The molecule has 3 N–H and O–H groups in total. The second kappa shape index (κ2) is 9.58. The summed E-state index contributed by atoms with van der Waals surface area (Å²) in [5.41, 5.74) is 0. The number of phosphoric ester groups is 1. The fraction of sp³-hybridized carbons (Fsp3) is 0.778. The van der Waals surface area contributed by atoms with Gasteiger partial charge in [0.1, 0.15) is 18.3 Å². The van der Waals surface area contributed by atoms with E-state index in [1.807, 2.05) is 0 Å². The molecule has 0 aliphatic carbocycles. The molecule has 2 aliphatic heterocycles. The molecule has 0 aromatic carbocycles. The standard InChI is InChI=1S/C9H15N2O9P.2Na/c12-3-4-7(20-21(16,17)18)6(14)8(19-4)11-2-1-5(13)10-9(11)15;;/h4,6-8,12,14H,1-3H2,(H,10,13,15)(H2,16,17,18);;/q;2*+1/p-2/t4-,6-,7-,8-;;/m1../s1. The first-order valence-electron chi connectivity index (χ1n) is 5.94. The maximum atomic E-state index is 11.6. The monoisotopic (exact) mass is 370 g/mol. The summed E-state index contributed by atoms with van der Waals surface area (Å²) in [5, 5.41) is 30.1. The summed E-state index contributed by atoms with van der Waals surface area (Å²) >= 11 is 0. The molecular formula is C9H13N2Na2O9P. The van der Waals surface area contributed by atoms with Crippen molar-refractivity contribution in [1.82, 2.24) is 4.90 Å². The molecule has 0 aromatic rings. The number of nitrogens with zero attached hydrogens (tertiary/aromatic N) is 2. The summed E-state index contributed by atoms with van der Waals surface area (Å²) in [5.74, 6) is -0.616. The van der Waals surface area contributed by atoms with Crippen LogP contribution in [0.3, 0.4) is 0 Å². The van der Waals surface area contributed by atoms with E-state index in [0.717, 1.165) is 4.90 Å². The summed E-state index contributed by atoms with van der Waals surface area (Å²) < 4.78 is 20.2. The van der Waals surface area contributed by atoms with Crippen molar-refractivity contribution in [2.45, 2.75) is 31.0 Å². The van der Waals surface area contributed by atoms with Crippen LogP contribution in [0.5, 0.6) is 0 Å². The smallest absolute Gasteiger partial charge is 0.862 e. The molecule has 120 valence electrons. The molecule has 0 aromatic heterocycles. The second-order valence-electron chi connectivity index (χ2n) is 4.51. The van der Waals surface area contributed by atoms with E-state index in [0.29, 0.717) is 0 Å². The normalized spacial score (nSPS) is 33.3. The van der Waals surface area contributed by atoms with E-state index in [4.69, 9.17) is 14.7 Å². The van der Waals surface area contributed by atoms with Crippen LogP contribution in [-0.4, -0.2) is 69.6 Å². The summed E-state index contributed by atoms with van der Waals surface area (Å²) in [7, 11) is -5.18. The van der Waals surface area contributed by atoms with Gasteiger partial charge in [0.15, 0.2) is 6.23 Å². The Bertz CT molecular complexity index is 501. The quantitative estimate of drug-likeness (QED) is 0.320. The van der Waals surface area contributed by atoms with Crippen molar-refractivity contribution in [1.29, 1.82) is 0 Å². The average molecular weight is 370 g/mol. The number of carbonyl (C=O) groups excluding carboxylic acids is 1. The number of amides is 2. The fourth-order valence-corrected chi connectivity index (χ4v) is 2.75. The van der Waals surface area contributed by atoms with Gasteiger partial charge in [0, 0.05) is 6.54 Å². The number of aliphatic hydroxyl groups is 2. The van der Waals surface area contributed by atoms with E-state index < -0.39 is 50.9 Å². The average Bonchev–Trinajstić information content (AvgIpc) is 2.65. The molecule has 2 heterocycles. The molecule has 0 bridgehead atoms. The van der Waals surface area contributed by atoms with Crippen molar-refractivity contribution in [3.63, 3.8) is 0 Å². The van der Waals surface area contributed by atoms with E-state index in [2.05, 4.69) is 9.52 Å². The third-order valence-electron chi connectivity index (χ3n) is 3.08. The van der Waals surface area contributed by atoms with Crippen molar-refractivity contribution in [3.8, 4) is 0 Å². The van der Waals surface area contributed by atoms with Gasteiger partial charge in [-0.15, -0.1) is 0 Å². The zero-order valence-corrected chi connectivity index (χ0v) is 17.5. The Morgan fingerprint density at radius 2 is 2.09 bits per heavy atom. The van der Waals surface area contributed by atoms with Crippen molar-refractivity contribution in [2.24, 2.45) is 4.99 Å². The zero-order valence-electron chi connectivity index (χ0n) is 12.6. The van der Waals surface area contributed by atoms with Gasteiger partial charge >= 0.3 is 65.1 Å². The van der Waals surface area contributed by atoms with Crippen LogP contribution in [0.2, 0.25) is 0 Å². The van der Waals surface area contributed by atoms with E-state index in [1.165, 1.54) is 0 Å². The molecular weight excluding hydrogens is 357 g/mol. The molecule has 2 rings (SSSR count). The van der Waals surface area contributed by atoms with Crippen LogP contribution in [0.15, 0.2) is 4.99 Å². The van der Waals surface area contributed by atoms with Crippen LogP contribution in [0.1, 0.15) is 6.42 Å². The van der Waals surface area contributed by atoms with Crippen molar-refractivity contribution < 1.29 is 103 Å². The Morgan fingerprint density at radius 3 is 2.57 bits per heavy atom. The first-order valence-corrected chi connectivity index (χ1v) is 7.44. The number of aliphatic imine (C=N–C) groups is 1. The van der Waals surface area contributed by atoms with Gasteiger partial charge in [-0.1, -0.05) is 0 Å². The van der Waals surface area contributed by atoms with Crippen LogP contribution in [-0.2, 0) is 13.8 Å². The Morgan fingerprint density at radius 1 is 1.48 bits per heavy atom. The molecule has 14 heteroatoms. The predicted molar refractivity (Wildman–Crippen MR) is 60.6 cm³/mol. The first kappa shape index (κ1) is 23.9. The number of phosphoric acid groups is 1. The molecule has 0 radical (unpaired) electrons. The minimum atomic E-state index is -5.18. The van der Waals surface area contributed by atoms with Gasteiger partial charge in [-0.2, -0.15) is 0 Å². The maximum Gasteiger partial charge on any atom is 1.00 e. The third-order valence-corrected chi connectivity index (χ3v) is 3.59. The minimum absolute atomic E-state index is 0. The van der Waals surface area contributed by atoms with Crippen LogP contribution in [0.25, 0.3) is 0 Å². The molecule has 2 amide bonds. The summed E-state index contributed by atoms with van der Waals surface area (Å²) in [6, 6.07) is -0.943. The fourth-order valence-electron chi connectivity index (χ4n) is 2.18. The Kier molecular flexibility index (Phi) is 9.97. The molecule has 1 unspecified atom stereocenters. The number of urea groups is 1. The maximum absolute atomic E-state index is 11.6. The molecule has 1 saturated heterocycles. The van der Waals surface area contributed by atoms with Gasteiger partial charge < -0.3 is 34.4 Å². The van der Waals surface area contributed by atoms with Gasteiger partial charge in [0.25, 0.3) is 7.82 Å². The molecule has 11 nitrogen and oxygen atoms in total. The number of hydrogen-bond acceptors (Lipinski definition) is 8. The van der Waals surface area contributed by atoms with Gasteiger partial charge in [0.2, 0.25) is 0 Å². The van der Waals surface area contributed by atoms with E-state index in [1.54, 1.807) is 0 Å². The second-order valence-corrected chi connectivity index (χ2v) is 5.66. The van der Waals surface area contributed by atoms with Gasteiger partial charge in [-0.3, -0.25) is 9.46 Å². The van der Waals surface area contributed by atoms with E-state index >= 15 is 0 Å². The van der Waals surface area contributed by atoms with Gasteiger partial charge in [-0.05, 0) is 12.3 Å². The summed E-state index contributed by atoms with van der Waals surface area (Å²) in [6.07, 6.45) is -5.93. The Balaban J connectivity index is 0.00000242. The minimum Gasteiger partial charge on any atom is -0.862 e. The number of ether oxygens (including phenoxy) is 1. The molecule has 0 saturated carbocycles. The molecule has 1 fully saturated rings. The summed E-state index contributed by atoms with van der Waals surface area (Å²) in [4.78, 5) is 35.1. The molecule has 0 spiro atoms. The third kappa shape index (κ3) is 6.00.